The number of rotatable bonds is 2. The Labute approximate surface area is 134 Å². The molecule has 0 N–H and O–H groups in total. The first-order chi connectivity index (χ1) is 7.99. The van der Waals surface area contributed by atoms with E-state index in [0.717, 1.165) is 13.6 Å². The maximum absolute atomic E-state index is 13.1. The molecule has 1 aromatic heterocycles. The number of halogens is 4. The van der Waals surface area contributed by atoms with Crippen LogP contribution in [0.5, 0.6) is 0 Å². The van der Waals surface area contributed by atoms with Gasteiger partial charge in [-0.15, -0.1) is 11.3 Å². The molecule has 5 heteroatoms. The summed E-state index contributed by atoms with van der Waals surface area (Å²) in [6.07, 6.45) is 0. The van der Waals surface area contributed by atoms with E-state index in [4.69, 9.17) is 0 Å². The third kappa shape index (κ3) is 3.11. The van der Waals surface area contributed by atoms with Gasteiger partial charge < -0.3 is 0 Å². The number of hydrogen-bond donors (Lipinski definition) is 0. The highest BCUT2D eigenvalue weighted by atomic mass is 127. The molecule has 0 saturated heterocycles. The Kier molecular flexibility index (Phi) is 4.66. The molecule has 1 aromatic carbocycles. The second-order valence-electron chi connectivity index (χ2n) is 3.58. The maximum Gasteiger partial charge on any atom is 0.124 e. The minimum absolute atomic E-state index is 0.116. The zero-order chi connectivity index (χ0) is 12.6. The van der Waals surface area contributed by atoms with Crippen molar-refractivity contribution in [3.8, 4) is 0 Å². The van der Waals surface area contributed by atoms with Gasteiger partial charge in [-0.1, -0.05) is 22.0 Å². The predicted octanol–water partition coefficient (Wildman–Crippen LogP) is 6.05. The summed E-state index contributed by atoms with van der Waals surface area (Å²) in [5.74, 6) is -0.193. The van der Waals surface area contributed by atoms with Gasteiger partial charge in [-0.05, 0) is 69.2 Å². The standard InChI is InChI=1S/C12H8Br2FIS/c1-6-9(13)5-11(17-6)12(14)8-3-2-7(15)4-10(8)16/h2-5,12H,1H3. The topological polar surface area (TPSA) is 0 Å². The van der Waals surface area contributed by atoms with E-state index >= 15 is 0 Å². The van der Waals surface area contributed by atoms with Crippen molar-refractivity contribution < 1.29 is 4.39 Å². The van der Waals surface area contributed by atoms with E-state index in [0.29, 0.717) is 0 Å². The van der Waals surface area contributed by atoms with Crippen LogP contribution in [-0.4, -0.2) is 0 Å². The van der Waals surface area contributed by atoms with Gasteiger partial charge in [0, 0.05) is 17.8 Å². The van der Waals surface area contributed by atoms with Gasteiger partial charge in [0.05, 0.1) is 4.83 Å². The largest absolute Gasteiger partial charge is 0.207 e. The summed E-state index contributed by atoms with van der Waals surface area (Å²) in [6, 6.07) is 7.00. The molecular weight excluding hydrogens is 482 g/mol. The molecule has 0 aliphatic heterocycles. The number of alkyl halides is 1. The van der Waals surface area contributed by atoms with Crippen molar-refractivity contribution in [1.82, 2.24) is 0 Å². The molecule has 90 valence electrons. The molecule has 0 bridgehead atoms. The molecule has 1 atom stereocenters. The Hall–Kier alpha value is 0.540. The maximum atomic E-state index is 13.1. The molecule has 0 aliphatic carbocycles. The first kappa shape index (κ1) is 14.0. The van der Waals surface area contributed by atoms with E-state index in [9.17, 15) is 4.39 Å². The molecule has 0 radical (unpaired) electrons. The lowest BCUT2D eigenvalue weighted by molar-refractivity contribution is 0.626. The smallest absolute Gasteiger partial charge is 0.124 e. The SMILES string of the molecule is Cc1sc(C(Br)c2ccc(F)cc2I)cc1Br. The van der Waals surface area contributed by atoms with Crippen LogP contribution in [0.4, 0.5) is 4.39 Å². The van der Waals surface area contributed by atoms with Crippen molar-refractivity contribution in [3.63, 3.8) is 0 Å². The molecule has 0 spiro atoms. The summed E-state index contributed by atoms with van der Waals surface area (Å²) in [6.45, 7) is 2.08. The second-order valence-corrected chi connectivity index (χ2v) is 7.80. The van der Waals surface area contributed by atoms with Crippen LogP contribution in [0.1, 0.15) is 20.1 Å². The fourth-order valence-corrected chi connectivity index (χ4v) is 5.05. The van der Waals surface area contributed by atoms with Crippen molar-refractivity contribution in [3.05, 3.63) is 53.4 Å². The van der Waals surface area contributed by atoms with Crippen LogP contribution >= 0.6 is 65.8 Å². The van der Waals surface area contributed by atoms with Crippen molar-refractivity contribution in [1.29, 1.82) is 0 Å². The fourth-order valence-electron chi connectivity index (χ4n) is 1.47. The zero-order valence-electron chi connectivity index (χ0n) is 8.81. The Balaban J connectivity index is 2.39. The number of hydrogen-bond acceptors (Lipinski definition) is 1. The van der Waals surface area contributed by atoms with E-state index in [1.807, 2.05) is 6.07 Å². The van der Waals surface area contributed by atoms with Crippen molar-refractivity contribution in [2.45, 2.75) is 11.8 Å². The lowest BCUT2D eigenvalue weighted by Crippen LogP contribution is -1.94. The van der Waals surface area contributed by atoms with E-state index in [1.54, 1.807) is 17.4 Å². The summed E-state index contributed by atoms with van der Waals surface area (Å²) >= 11 is 11.1. The predicted molar refractivity (Wildman–Crippen MR) is 86.6 cm³/mol. The number of aryl methyl sites for hydroxylation is 1. The van der Waals surface area contributed by atoms with Crippen LogP contribution in [0.2, 0.25) is 0 Å². The van der Waals surface area contributed by atoms with Gasteiger partial charge >= 0.3 is 0 Å². The minimum Gasteiger partial charge on any atom is -0.207 e. The van der Waals surface area contributed by atoms with Gasteiger partial charge in [-0.25, -0.2) is 4.39 Å². The monoisotopic (exact) mass is 488 g/mol. The summed E-state index contributed by atoms with van der Waals surface area (Å²) in [5.41, 5.74) is 1.10. The Morgan fingerprint density at radius 3 is 2.59 bits per heavy atom. The van der Waals surface area contributed by atoms with Gasteiger partial charge in [-0.2, -0.15) is 0 Å². The molecular formula is C12H8Br2FIS. The van der Waals surface area contributed by atoms with E-state index < -0.39 is 0 Å². The normalized spacial score (nSPS) is 12.8. The molecule has 0 fully saturated rings. The van der Waals surface area contributed by atoms with Crippen molar-refractivity contribution in [2.75, 3.05) is 0 Å². The number of thiophene rings is 1. The highest BCUT2D eigenvalue weighted by Crippen LogP contribution is 2.40. The first-order valence-corrected chi connectivity index (χ1v) is 8.44. The summed E-state index contributed by atoms with van der Waals surface area (Å²) in [5, 5.41) is 0. The molecule has 2 rings (SSSR count). The first-order valence-electron chi connectivity index (χ1n) is 4.84. The van der Waals surface area contributed by atoms with Gasteiger partial charge in [0.2, 0.25) is 0 Å². The molecule has 1 unspecified atom stereocenters. The average Bonchev–Trinajstić information content (AvgIpc) is 2.58. The average molecular weight is 490 g/mol. The minimum atomic E-state index is -0.193. The summed E-state index contributed by atoms with van der Waals surface area (Å²) < 4.78 is 15.1. The van der Waals surface area contributed by atoms with Gasteiger partial charge in [0.25, 0.3) is 0 Å². The van der Waals surface area contributed by atoms with Crippen LogP contribution in [-0.2, 0) is 0 Å². The molecule has 1 heterocycles. The Morgan fingerprint density at radius 2 is 2.06 bits per heavy atom. The van der Waals surface area contributed by atoms with Crippen molar-refractivity contribution in [2.24, 2.45) is 0 Å². The Bertz CT molecular complexity index is 534. The van der Waals surface area contributed by atoms with Gasteiger partial charge in [0.15, 0.2) is 0 Å². The van der Waals surface area contributed by atoms with Crippen LogP contribution in [0.3, 0.4) is 0 Å². The van der Waals surface area contributed by atoms with Gasteiger partial charge in [-0.3, -0.25) is 0 Å². The molecule has 0 amide bonds. The van der Waals surface area contributed by atoms with Gasteiger partial charge in [0.1, 0.15) is 5.82 Å². The van der Waals surface area contributed by atoms with Crippen LogP contribution in [0, 0.1) is 16.3 Å². The van der Waals surface area contributed by atoms with E-state index in [-0.39, 0.29) is 10.6 Å². The molecule has 0 nitrogen and oxygen atoms in total. The fraction of sp³-hybridized carbons (Fsp3) is 0.167. The molecule has 0 aliphatic rings. The summed E-state index contributed by atoms with van der Waals surface area (Å²) in [7, 11) is 0. The third-order valence-corrected chi connectivity index (χ3v) is 6.79. The Morgan fingerprint density at radius 1 is 1.35 bits per heavy atom. The zero-order valence-corrected chi connectivity index (χ0v) is 15.0. The van der Waals surface area contributed by atoms with Crippen LogP contribution in [0.25, 0.3) is 0 Å². The van der Waals surface area contributed by atoms with E-state index in [2.05, 4.69) is 67.4 Å². The highest BCUT2D eigenvalue weighted by molar-refractivity contribution is 14.1. The van der Waals surface area contributed by atoms with E-state index in [1.165, 1.54) is 15.8 Å². The number of benzene rings is 1. The molecule has 0 saturated carbocycles. The highest BCUT2D eigenvalue weighted by Gasteiger charge is 2.17. The van der Waals surface area contributed by atoms with Crippen LogP contribution in [0.15, 0.2) is 28.7 Å². The lowest BCUT2D eigenvalue weighted by atomic mass is 10.1. The third-order valence-electron chi connectivity index (χ3n) is 2.36. The summed E-state index contributed by atoms with van der Waals surface area (Å²) in [4.78, 5) is 2.59. The lowest BCUT2D eigenvalue weighted by Gasteiger charge is -2.10. The quantitative estimate of drug-likeness (QED) is 0.356. The van der Waals surface area contributed by atoms with Crippen LogP contribution < -0.4 is 0 Å². The molecule has 17 heavy (non-hydrogen) atoms. The van der Waals surface area contributed by atoms with Crippen molar-refractivity contribution >= 4 is 65.8 Å². The molecule has 2 aromatic rings. The second kappa shape index (κ2) is 5.67.